The van der Waals surface area contributed by atoms with E-state index in [-0.39, 0.29) is 11.3 Å². The van der Waals surface area contributed by atoms with Gasteiger partial charge in [-0.05, 0) is 50.4 Å². The molecule has 0 radical (unpaired) electrons. The van der Waals surface area contributed by atoms with Gasteiger partial charge in [-0.2, -0.15) is 0 Å². The number of hydrogen-bond acceptors (Lipinski definition) is 4. The van der Waals surface area contributed by atoms with Crippen LogP contribution in [0.3, 0.4) is 0 Å². The van der Waals surface area contributed by atoms with Gasteiger partial charge < -0.3 is 10.6 Å². The summed E-state index contributed by atoms with van der Waals surface area (Å²) >= 11 is 0. The van der Waals surface area contributed by atoms with E-state index in [4.69, 9.17) is 0 Å². The van der Waals surface area contributed by atoms with Crippen LogP contribution in [0, 0.1) is 18.3 Å². The molecular formula is C20H24N4O. The van der Waals surface area contributed by atoms with E-state index < -0.39 is 0 Å². The third-order valence-electron chi connectivity index (χ3n) is 5.68. The Labute approximate surface area is 148 Å². The number of nitrogens with one attached hydrogen (secondary N) is 2. The summed E-state index contributed by atoms with van der Waals surface area (Å²) in [5.74, 6) is 1.38. The first kappa shape index (κ1) is 16.2. The lowest BCUT2D eigenvalue weighted by Gasteiger charge is -2.37. The van der Waals surface area contributed by atoms with Crippen LogP contribution in [0.25, 0.3) is 11.3 Å². The molecule has 25 heavy (non-hydrogen) atoms. The van der Waals surface area contributed by atoms with E-state index in [0.717, 1.165) is 55.1 Å². The second kappa shape index (κ2) is 6.56. The lowest BCUT2D eigenvalue weighted by Crippen LogP contribution is -2.44. The monoisotopic (exact) mass is 336 g/mol. The molecule has 1 saturated carbocycles. The largest absolute Gasteiger partial charge is 0.326 e. The number of nitrogens with zero attached hydrogens (tertiary/aromatic N) is 2. The predicted octanol–water partition coefficient (Wildman–Crippen LogP) is 3.17. The first-order valence-electron chi connectivity index (χ1n) is 9.10. The van der Waals surface area contributed by atoms with Crippen LogP contribution in [0.4, 0.5) is 5.69 Å². The maximum Gasteiger partial charge on any atom is 0.232 e. The summed E-state index contributed by atoms with van der Waals surface area (Å²) in [5.41, 5.74) is 2.47. The molecule has 0 unspecified atom stereocenters. The molecule has 1 aliphatic carbocycles. The van der Waals surface area contributed by atoms with Crippen LogP contribution in [0.15, 0.2) is 36.5 Å². The molecule has 5 nitrogen and oxygen atoms in total. The van der Waals surface area contributed by atoms with Gasteiger partial charge in [0.25, 0.3) is 0 Å². The molecule has 1 amide bonds. The fraction of sp³-hybridized carbons (Fsp3) is 0.450. The zero-order valence-corrected chi connectivity index (χ0v) is 14.6. The van der Waals surface area contributed by atoms with Gasteiger partial charge >= 0.3 is 0 Å². The SMILES string of the molecule is Cc1nccc(-c2cccc(NC(=O)[C@@]34CCCC[C@H]3CNC4)c2)n1. The Morgan fingerprint density at radius 3 is 3.12 bits per heavy atom. The molecule has 4 rings (SSSR count). The average Bonchev–Trinajstić information content (AvgIpc) is 3.07. The number of hydrogen-bond donors (Lipinski definition) is 2. The second-order valence-corrected chi connectivity index (χ2v) is 7.25. The number of amides is 1. The fourth-order valence-electron chi connectivity index (χ4n) is 4.32. The van der Waals surface area contributed by atoms with E-state index in [0.29, 0.717) is 5.92 Å². The van der Waals surface area contributed by atoms with Gasteiger partial charge in [0.2, 0.25) is 5.91 Å². The highest BCUT2D eigenvalue weighted by Gasteiger charge is 2.49. The number of fused-ring (bicyclic) bond motifs is 1. The number of aromatic nitrogens is 2. The maximum absolute atomic E-state index is 13.1. The van der Waals surface area contributed by atoms with Crippen molar-refractivity contribution in [3.8, 4) is 11.3 Å². The fourth-order valence-corrected chi connectivity index (χ4v) is 4.32. The zero-order chi connectivity index (χ0) is 17.3. The van der Waals surface area contributed by atoms with Crippen molar-refractivity contribution in [2.24, 2.45) is 11.3 Å². The Kier molecular flexibility index (Phi) is 4.25. The molecule has 2 fully saturated rings. The Morgan fingerprint density at radius 2 is 2.24 bits per heavy atom. The molecule has 1 saturated heterocycles. The van der Waals surface area contributed by atoms with Crippen molar-refractivity contribution in [2.75, 3.05) is 18.4 Å². The van der Waals surface area contributed by atoms with Crippen molar-refractivity contribution in [1.29, 1.82) is 0 Å². The summed E-state index contributed by atoms with van der Waals surface area (Å²) in [7, 11) is 0. The molecule has 0 bridgehead atoms. The minimum atomic E-state index is -0.236. The van der Waals surface area contributed by atoms with Gasteiger partial charge in [0.15, 0.2) is 0 Å². The van der Waals surface area contributed by atoms with Crippen LogP contribution in [-0.4, -0.2) is 29.0 Å². The Morgan fingerprint density at radius 1 is 1.32 bits per heavy atom. The van der Waals surface area contributed by atoms with Gasteiger partial charge in [0, 0.05) is 24.0 Å². The van der Waals surface area contributed by atoms with E-state index in [1.54, 1.807) is 6.20 Å². The Bertz CT molecular complexity index is 791. The highest BCUT2D eigenvalue weighted by Crippen LogP contribution is 2.44. The van der Waals surface area contributed by atoms with Crippen LogP contribution < -0.4 is 10.6 Å². The summed E-state index contributed by atoms with van der Waals surface area (Å²) in [6.45, 7) is 3.65. The van der Waals surface area contributed by atoms with Crippen molar-refractivity contribution in [3.63, 3.8) is 0 Å². The van der Waals surface area contributed by atoms with Crippen molar-refractivity contribution in [1.82, 2.24) is 15.3 Å². The van der Waals surface area contributed by atoms with Crippen LogP contribution >= 0.6 is 0 Å². The summed E-state index contributed by atoms with van der Waals surface area (Å²) in [5, 5.41) is 6.61. The summed E-state index contributed by atoms with van der Waals surface area (Å²) in [4.78, 5) is 21.7. The van der Waals surface area contributed by atoms with Crippen LogP contribution in [0.1, 0.15) is 31.5 Å². The Balaban J connectivity index is 1.57. The van der Waals surface area contributed by atoms with E-state index in [2.05, 4.69) is 20.6 Å². The first-order valence-corrected chi connectivity index (χ1v) is 9.10. The van der Waals surface area contributed by atoms with Gasteiger partial charge in [-0.15, -0.1) is 0 Å². The molecule has 130 valence electrons. The highest BCUT2D eigenvalue weighted by molar-refractivity contribution is 5.96. The van der Waals surface area contributed by atoms with Gasteiger partial charge in [-0.3, -0.25) is 4.79 Å². The van der Waals surface area contributed by atoms with E-state index in [9.17, 15) is 4.79 Å². The van der Waals surface area contributed by atoms with E-state index >= 15 is 0 Å². The molecule has 1 aromatic carbocycles. The number of benzene rings is 1. The highest BCUT2D eigenvalue weighted by atomic mass is 16.2. The lowest BCUT2D eigenvalue weighted by molar-refractivity contribution is -0.128. The van der Waals surface area contributed by atoms with Crippen LogP contribution in [0.5, 0.6) is 0 Å². The molecule has 2 heterocycles. The molecule has 2 aromatic rings. The molecule has 1 aromatic heterocycles. The standard InChI is InChI=1S/C20H24N4O/c1-14-22-10-8-18(23-14)15-5-4-7-17(11-15)24-19(25)20-9-3-2-6-16(20)12-21-13-20/h4-5,7-8,10-11,16,21H,2-3,6,9,12-13H2,1H3,(H,24,25)/t16-,20+/m0/s1. The normalized spacial score (nSPS) is 25.4. The predicted molar refractivity (Wildman–Crippen MR) is 98.1 cm³/mol. The van der Waals surface area contributed by atoms with E-state index in [1.165, 1.54) is 6.42 Å². The third-order valence-corrected chi connectivity index (χ3v) is 5.68. The third kappa shape index (κ3) is 3.04. The minimum Gasteiger partial charge on any atom is -0.326 e. The van der Waals surface area contributed by atoms with E-state index in [1.807, 2.05) is 37.3 Å². The van der Waals surface area contributed by atoms with Crippen molar-refractivity contribution in [2.45, 2.75) is 32.6 Å². The minimum absolute atomic E-state index is 0.165. The van der Waals surface area contributed by atoms with Gasteiger partial charge in [0.1, 0.15) is 5.82 Å². The summed E-state index contributed by atoms with van der Waals surface area (Å²) < 4.78 is 0. The van der Waals surface area contributed by atoms with Crippen LogP contribution in [0.2, 0.25) is 0 Å². The van der Waals surface area contributed by atoms with Crippen molar-refractivity contribution < 1.29 is 4.79 Å². The molecule has 2 atom stereocenters. The van der Waals surface area contributed by atoms with Gasteiger partial charge in [0.05, 0.1) is 11.1 Å². The summed E-state index contributed by atoms with van der Waals surface area (Å²) in [6, 6.07) is 9.81. The molecular weight excluding hydrogens is 312 g/mol. The molecule has 2 aliphatic rings. The Hall–Kier alpha value is -2.27. The van der Waals surface area contributed by atoms with Crippen molar-refractivity contribution >= 4 is 11.6 Å². The second-order valence-electron chi connectivity index (χ2n) is 7.25. The molecule has 0 spiro atoms. The van der Waals surface area contributed by atoms with Gasteiger partial charge in [-0.25, -0.2) is 9.97 Å². The number of carbonyl (C=O) groups excluding carboxylic acids is 1. The summed E-state index contributed by atoms with van der Waals surface area (Å²) in [6.07, 6.45) is 6.29. The lowest BCUT2D eigenvalue weighted by atomic mass is 9.67. The molecule has 5 heteroatoms. The number of rotatable bonds is 3. The molecule has 2 N–H and O–H groups in total. The smallest absolute Gasteiger partial charge is 0.232 e. The quantitative estimate of drug-likeness (QED) is 0.903. The average molecular weight is 336 g/mol. The number of aryl methyl sites for hydroxylation is 1. The maximum atomic E-state index is 13.1. The topological polar surface area (TPSA) is 66.9 Å². The zero-order valence-electron chi connectivity index (χ0n) is 14.6. The number of anilines is 1. The van der Waals surface area contributed by atoms with Gasteiger partial charge in [-0.1, -0.05) is 25.0 Å². The first-order chi connectivity index (χ1) is 12.2. The molecule has 1 aliphatic heterocycles. The number of carbonyl (C=O) groups is 1. The van der Waals surface area contributed by atoms with Crippen molar-refractivity contribution in [3.05, 3.63) is 42.4 Å². The van der Waals surface area contributed by atoms with Crippen LogP contribution in [-0.2, 0) is 4.79 Å².